The molecule has 0 spiro atoms. The molecule has 1 aromatic heterocycles. The van der Waals surface area contributed by atoms with Crippen LogP contribution in [0.4, 0.5) is 30.5 Å². The predicted octanol–water partition coefficient (Wildman–Crippen LogP) is 5.11. The first-order valence-electron chi connectivity index (χ1n) is 8.38. The summed E-state index contributed by atoms with van der Waals surface area (Å²) in [5.74, 6) is -0.454. The van der Waals surface area contributed by atoms with Crippen molar-refractivity contribution in [3.8, 4) is 0 Å². The molecular weight excluding hydrogens is 369 g/mol. The van der Waals surface area contributed by atoms with Crippen molar-refractivity contribution in [2.24, 2.45) is 0 Å². The summed E-state index contributed by atoms with van der Waals surface area (Å²) in [5, 5.41) is 5.27. The second-order valence-electron chi connectivity index (χ2n) is 6.22. The minimum atomic E-state index is -4.57. The Morgan fingerprint density at radius 2 is 1.64 bits per heavy atom. The molecule has 0 saturated carbocycles. The van der Waals surface area contributed by atoms with E-state index in [1.165, 1.54) is 30.6 Å². The highest BCUT2D eigenvalue weighted by Gasteiger charge is 2.33. The number of hydrogen-bond acceptors (Lipinski definition) is 4. The van der Waals surface area contributed by atoms with Gasteiger partial charge in [-0.3, -0.25) is 4.79 Å². The first-order valence-corrected chi connectivity index (χ1v) is 8.38. The lowest BCUT2D eigenvalue weighted by molar-refractivity contribution is -0.136. The number of hydrogen-bond donors (Lipinski definition) is 2. The zero-order chi connectivity index (χ0) is 20.3. The SMILES string of the molecule is Cc1ccc(Nc2ncc(C(=O)Nc3ccccc3C(F)(F)F)cn2)cc1C. The van der Waals surface area contributed by atoms with Gasteiger partial charge in [0, 0.05) is 18.1 Å². The van der Waals surface area contributed by atoms with E-state index >= 15 is 0 Å². The Labute approximate surface area is 159 Å². The van der Waals surface area contributed by atoms with Crippen molar-refractivity contribution in [3.05, 3.63) is 77.1 Å². The van der Waals surface area contributed by atoms with Gasteiger partial charge < -0.3 is 10.6 Å². The number of carbonyl (C=O) groups excluding carboxylic acids is 1. The monoisotopic (exact) mass is 386 g/mol. The smallest absolute Gasteiger partial charge is 0.324 e. The Hall–Kier alpha value is -3.42. The highest BCUT2D eigenvalue weighted by molar-refractivity contribution is 6.04. The van der Waals surface area contributed by atoms with Crippen molar-refractivity contribution < 1.29 is 18.0 Å². The molecule has 2 aromatic carbocycles. The third kappa shape index (κ3) is 4.46. The maximum atomic E-state index is 13.0. The fourth-order valence-electron chi connectivity index (χ4n) is 2.49. The summed E-state index contributed by atoms with van der Waals surface area (Å²) >= 11 is 0. The van der Waals surface area contributed by atoms with Gasteiger partial charge in [0.05, 0.1) is 16.8 Å². The van der Waals surface area contributed by atoms with E-state index in [0.717, 1.165) is 22.9 Å². The number of halogens is 3. The van der Waals surface area contributed by atoms with Crippen LogP contribution in [0.15, 0.2) is 54.9 Å². The topological polar surface area (TPSA) is 66.9 Å². The number of alkyl halides is 3. The number of carbonyl (C=O) groups is 1. The van der Waals surface area contributed by atoms with Crippen molar-refractivity contribution in [3.63, 3.8) is 0 Å². The highest BCUT2D eigenvalue weighted by atomic mass is 19.4. The van der Waals surface area contributed by atoms with Crippen molar-refractivity contribution in [1.82, 2.24) is 9.97 Å². The minimum absolute atomic E-state index is 0.0441. The van der Waals surface area contributed by atoms with Gasteiger partial charge in [0.2, 0.25) is 5.95 Å². The molecule has 0 fully saturated rings. The molecule has 0 aliphatic heterocycles. The summed E-state index contributed by atoms with van der Waals surface area (Å²) in [6.07, 6.45) is -2.07. The molecule has 2 N–H and O–H groups in total. The molecule has 0 aliphatic rings. The van der Waals surface area contributed by atoms with Crippen LogP contribution in [0, 0.1) is 13.8 Å². The van der Waals surface area contributed by atoms with Crippen LogP contribution >= 0.6 is 0 Å². The first kappa shape index (κ1) is 19.3. The van der Waals surface area contributed by atoms with E-state index in [1.54, 1.807) is 0 Å². The fraction of sp³-hybridized carbons (Fsp3) is 0.150. The molecule has 0 saturated heterocycles. The van der Waals surface area contributed by atoms with Crippen molar-refractivity contribution >= 4 is 23.2 Å². The molecule has 0 unspecified atom stereocenters. The molecule has 0 atom stereocenters. The van der Waals surface area contributed by atoms with Crippen LogP contribution in [0.3, 0.4) is 0 Å². The van der Waals surface area contributed by atoms with Crippen molar-refractivity contribution in [2.45, 2.75) is 20.0 Å². The first-order chi connectivity index (χ1) is 13.2. The fourth-order valence-corrected chi connectivity index (χ4v) is 2.49. The average Bonchev–Trinajstić information content (AvgIpc) is 2.65. The van der Waals surface area contributed by atoms with E-state index in [4.69, 9.17) is 0 Å². The number of para-hydroxylation sites is 1. The molecule has 0 radical (unpaired) electrons. The number of nitrogens with one attached hydrogen (secondary N) is 2. The standard InChI is InChI=1S/C20H17F3N4O/c1-12-7-8-15(9-13(12)2)26-19-24-10-14(11-25-19)18(28)27-17-6-4-3-5-16(17)20(21,22)23/h3-11H,1-2H3,(H,27,28)(H,24,25,26). The summed E-state index contributed by atoms with van der Waals surface area (Å²) in [5.41, 5.74) is 1.85. The maximum Gasteiger partial charge on any atom is 0.418 e. The van der Waals surface area contributed by atoms with Crippen LogP contribution in [-0.2, 0) is 6.18 Å². The predicted molar refractivity (Wildman–Crippen MR) is 101 cm³/mol. The molecular formula is C20H17F3N4O. The number of nitrogens with zero attached hydrogens (tertiary/aromatic N) is 2. The van der Waals surface area contributed by atoms with Crippen molar-refractivity contribution in [1.29, 1.82) is 0 Å². The zero-order valence-corrected chi connectivity index (χ0v) is 15.1. The van der Waals surface area contributed by atoms with E-state index in [1.807, 2.05) is 32.0 Å². The lowest BCUT2D eigenvalue weighted by Crippen LogP contribution is -2.17. The van der Waals surface area contributed by atoms with Crippen LogP contribution in [-0.4, -0.2) is 15.9 Å². The molecule has 0 bridgehead atoms. The molecule has 1 amide bonds. The lowest BCUT2D eigenvalue weighted by atomic mass is 10.1. The third-order valence-electron chi connectivity index (χ3n) is 4.16. The third-order valence-corrected chi connectivity index (χ3v) is 4.16. The van der Waals surface area contributed by atoms with Crippen LogP contribution < -0.4 is 10.6 Å². The van der Waals surface area contributed by atoms with Gasteiger partial charge in [0.15, 0.2) is 0 Å². The summed E-state index contributed by atoms with van der Waals surface area (Å²) in [7, 11) is 0. The molecule has 28 heavy (non-hydrogen) atoms. The molecule has 1 heterocycles. The van der Waals surface area contributed by atoms with E-state index < -0.39 is 17.6 Å². The van der Waals surface area contributed by atoms with Gasteiger partial charge in [-0.1, -0.05) is 18.2 Å². The number of amides is 1. The second kappa shape index (κ2) is 7.67. The Kier molecular flexibility index (Phi) is 5.30. The Morgan fingerprint density at radius 1 is 0.964 bits per heavy atom. The van der Waals surface area contributed by atoms with E-state index in [9.17, 15) is 18.0 Å². The molecule has 144 valence electrons. The van der Waals surface area contributed by atoms with Gasteiger partial charge in [-0.15, -0.1) is 0 Å². The Bertz CT molecular complexity index is 1000. The minimum Gasteiger partial charge on any atom is -0.324 e. The van der Waals surface area contributed by atoms with Gasteiger partial charge in [0.1, 0.15) is 0 Å². The summed E-state index contributed by atoms with van der Waals surface area (Å²) < 4.78 is 39.1. The van der Waals surface area contributed by atoms with Crippen LogP contribution in [0.25, 0.3) is 0 Å². The normalized spacial score (nSPS) is 11.2. The van der Waals surface area contributed by atoms with Gasteiger partial charge in [-0.2, -0.15) is 13.2 Å². The Balaban J connectivity index is 1.73. The highest BCUT2D eigenvalue weighted by Crippen LogP contribution is 2.34. The summed E-state index contributed by atoms with van der Waals surface area (Å²) in [6.45, 7) is 3.98. The quantitative estimate of drug-likeness (QED) is 0.654. The molecule has 5 nitrogen and oxygen atoms in total. The second-order valence-corrected chi connectivity index (χ2v) is 6.22. The number of anilines is 3. The summed E-state index contributed by atoms with van der Waals surface area (Å²) in [4.78, 5) is 20.4. The summed E-state index contributed by atoms with van der Waals surface area (Å²) in [6, 6.07) is 10.5. The number of benzene rings is 2. The lowest BCUT2D eigenvalue weighted by Gasteiger charge is -2.13. The largest absolute Gasteiger partial charge is 0.418 e. The Morgan fingerprint density at radius 3 is 2.29 bits per heavy atom. The maximum absolute atomic E-state index is 13.0. The van der Waals surface area contributed by atoms with E-state index in [-0.39, 0.29) is 17.2 Å². The van der Waals surface area contributed by atoms with Crippen LogP contribution in [0.5, 0.6) is 0 Å². The molecule has 8 heteroatoms. The van der Waals surface area contributed by atoms with Crippen molar-refractivity contribution in [2.75, 3.05) is 10.6 Å². The molecule has 0 aliphatic carbocycles. The van der Waals surface area contributed by atoms with Gasteiger partial charge in [-0.05, 0) is 49.2 Å². The van der Waals surface area contributed by atoms with E-state index in [0.29, 0.717) is 0 Å². The van der Waals surface area contributed by atoms with Gasteiger partial charge in [-0.25, -0.2) is 9.97 Å². The average molecular weight is 386 g/mol. The van der Waals surface area contributed by atoms with Gasteiger partial charge >= 0.3 is 6.18 Å². The van der Waals surface area contributed by atoms with Crippen LogP contribution in [0.2, 0.25) is 0 Å². The zero-order valence-electron chi connectivity index (χ0n) is 15.1. The molecule has 3 aromatic rings. The van der Waals surface area contributed by atoms with E-state index in [2.05, 4.69) is 20.6 Å². The van der Waals surface area contributed by atoms with Gasteiger partial charge in [0.25, 0.3) is 5.91 Å². The van der Waals surface area contributed by atoms with Crippen LogP contribution in [0.1, 0.15) is 27.0 Å². The number of rotatable bonds is 4. The number of aromatic nitrogens is 2. The number of aryl methyl sites for hydroxylation is 2. The molecule has 3 rings (SSSR count).